The SMILES string of the molecule is O=C(O)CSc1nnc(-c2cccc(F)c2)[nH]1. The number of nitrogens with zero attached hydrogens (tertiary/aromatic N) is 2. The molecule has 1 aromatic heterocycles. The second kappa shape index (κ2) is 4.96. The van der Waals surface area contributed by atoms with E-state index in [1.807, 2.05) is 0 Å². The lowest BCUT2D eigenvalue weighted by Crippen LogP contribution is -1.97. The van der Waals surface area contributed by atoms with Crippen molar-refractivity contribution in [2.45, 2.75) is 5.16 Å². The van der Waals surface area contributed by atoms with Gasteiger partial charge in [0.05, 0.1) is 5.75 Å². The average Bonchev–Trinajstić information content (AvgIpc) is 2.75. The van der Waals surface area contributed by atoms with Gasteiger partial charge in [-0.15, -0.1) is 10.2 Å². The summed E-state index contributed by atoms with van der Waals surface area (Å²) in [6.45, 7) is 0. The molecule has 88 valence electrons. The number of aromatic nitrogens is 3. The average molecular weight is 253 g/mol. The molecule has 0 unspecified atom stereocenters. The zero-order valence-corrected chi connectivity index (χ0v) is 9.37. The molecular weight excluding hydrogens is 245 g/mol. The lowest BCUT2D eigenvalue weighted by molar-refractivity contribution is -0.133. The van der Waals surface area contributed by atoms with Gasteiger partial charge in [0.15, 0.2) is 11.0 Å². The van der Waals surface area contributed by atoms with Crippen LogP contribution in [0.3, 0.4) is 0 Å². The monoisotopic (exact) mass is 253 g/mol. The molecule has 2 rings (SSSR count). The number of carbonyl (C=O) groups is 1. The Kier molecular flexibility index (Phi) is 3.38. The molecule has 0 spiro atoms. The Bertz CT molecular complexity index is 544. The van der Waals surface area contributed by atoms with Gasteiger partial charge in [0.25, 0.3) is 0 Å². The fraction of sp³-hybridized carbons (Fsp3) is 0.100. The van der Waals surface area contributed by atoms with Crippen molar-refractivity contribution in [3.05, 3.63) is 30.1 Å². The maximum absolute atomic E-state index is 13.0. The smallest absolute Gasteiger partial charge is 0.313 e. The highest BCUT2D eigenvalue weighted by Gasteiger charge is 2.08. The van der Waals surface area contributed by atoms with Gasteiger partial charge in [-0.2, -0.15) is 0 Å². The number of carboxylic acids is 1. The van der Waals surface area contributed by atoms with Crippen molar-refractivity contribution in [1.82, 2.24) is 15.2 Å². The lowest BCUT2D eigenvalue weighted by atomic mass is 10.2. The summed E-state index contributed by atoms with van der Waals surface area (Å²) in [6.07, 6.45) is 0. The van der Waals surface area contributed by atoms with E-state index in [9.17, 15) is 9.18 Å². The van der Waals surface area contributed by atoms with Crippen LogP contribution in [0.25, 0.3) is 11.4 Å². The third-order valence-corrected chi connectivity index (χ3v) is 2.75. The van der Waals surface area contributed by atoms with Crippen LogP contribution in [0.1, 0.15) is 0 Å². The number of H-pyrrole nitrogens is 1. The molecule has 0 aliphatic heterocycles. The molecule has 0 atom stereocenters. The molecule has 1 aromatic carbocycles. The minimum absolute atomic E-state index is 0.0994. The number of aromatic amines is 1. The Morgan fingerprint density at radius 2 is 2.29 bits per heavy atom. The summed E-state index contributed by atoms with van der Waals surface area (Å²) in [4.78, 5) is 13.2. The van der Waals surface area contributed by atoms with E-state index in [1.54, 1.807) is 12.1 Å². The van der Waals surface area contributed by atoms with Crippen LogP contribution in [-0.2, 0) is 4.79 Å². The molecule has 7 heteroatoms. The van der Waals surface area contributed by atoms with Crippen LogP contribution in [0.5, 0.6) is 0 Å². The van der Waals surface area contributed by atoms with E-state index in [0.29, 0.717) is 16.5 Å². The first-order chi connectivity index (χ1) is 8.15. The van der Waals surface area contributed by atoms with Crippen LogP contribution in [0.2, 0.25) is 0 Å². The third kappa shape index (κ3) is 3.04. The largest absolute Gasteiger partial charge is 0.481 e. The summed E-state index contributed by atoms with van der Waals surface area (Å²) < 4.78 is 13.0. The number of nitrogens with one attached hydrogen (secondary N) is 1. The molecule has 0 saturated heterocycles. The molecule has 0 radical (unpaired) electrons. The zero-order chi connectivity index (χ0) is 12.3. The Morgan fingerprint density at radius 1 is 1.47 bits per heavy atom. The fourth-order valence-corrected chi connectivity index (χ4v) is 1.74. The first-order valence-corrected chi connectivity index (χ1v) is 5.67. The van der Waals surface area contributed by atoms with E-state index in [-0.39, 0.29) is 11.6 Å². The van der Waals surface area contributed by atoms with Gasteiger partial charge in [-0.3, -0.25) is 4.79 Å². The van der Waals surface area contributed by atoms with Gasteiger partial charge in [-0.1, -0.05) is 23.9 Å². The normalized spacial score (nSPS) is 10.4. The van der Waals surface area contributed by atoms with Gasteiger partial charge in [-0.05, 0) is 12.1 Å². The second-order valence-corrected chi connectivity index (χ2v) is 4.14. The van der Waals surface area contributed by atoms with Crippen molar-refractivity contribution in [2.24, 2.45) is 0 Å². The summed E-state index contributed by atoms with van der Waals surface area (Å²) in [7, 11) is 0. The molecule has 2 aromatic rings. The predicted octanol–water partition coefficient (Wildman–Crippen LogP) is 1.79. The van der Waals surface area contributed by atoms with Crippen LogP contribution in [0.4, 0.5) is 4.39 Å². The topological polar surface area (TPSA) is 78.9 Å². The molecule has 0 amide bonds. The highest BCUT2D eigenvalue weighted by molar-refractivity contribution is 7.99. The van der Waals surface area contributed by atoms with Crippen molar-refractivity contribution in [3.63, 3.8) is 0 Å². The van der Waals surface area contributed by atoms with Crippen molar-refractivity contribution < 1.29 is 14.3 Å². The number of benzene rings is 1. The van der Waals surface area contributed by atoms with Gasteiger partial charge in [0, 0.05) is 5.56 Å². The van der Waals surface area contributed by atoms with Gasteiger partial charge in [-0.25, -0.2) is 4.39 Å². The molecule has 0 aliphatic rings. The number of carboxylic acid groups (broad SMARTS) is 1. The molecule has 0 saturated carbocycles. The molecule has 5 nitrogen and oxygen atoms in total. The van der Waals surface area contributed by atoms with Crippen molar-refractivity contribution in [3.8, 4) is 11.4 Å². The first-order valence-electron chi connectivity index (χ1n) is 4.68. The Labute approximate surface area is 100 Å². The van der Waals surface area contributed by atoms with Crippen molar-refractivity contribution in [2.75, 3.05) is 5.75 Å². The van der Waals surface area contributed by atoms with Crippen LogP contribution in [0, 0.1) is 5.82 Å². The van der Waals surface area contributed by atoms with Crippen LogP contribution in [-0.4, -0.2) is 32.0 Å². The lowest BCUT2D eigenvalue weighted by Gasteiger charge is -1.95. The Hall–Kier alpha value is -1.89. The number of aliphatic carboxylic acids is 1. The fourth-order valence-electron chi connectivity index (χ4n) is 1.21. The molecule has 2 N–H and O–H groups in total. The second-order valence-electron chi connectivity index (χ2n) is 3.17. The number of thioether (sulfide) groups is 1. The van der Waals surface area contributed by atoms with E-state index in [4.69, 9.17) is 5.11 Å². The molecule has 1 heterocycles. The first kappa shape index (κ1) is 11.6. The zero-order valence-electron chi connectivity index (χ0n) is 8.55. The van der Waals surface area contributed by atoms with E-state index >= 15 is 0 Å². The van der Waals surface area contributed by atoms with Crippen molar-refractivity contribution in [1.29, 1.82) is 0 Å². The number of hydrogen-bond acceptors (Lipinski definition) is 4. The van der Waals surface area contributed by atoms with Gasteiger partial charge in [0.2, 0.25) is 0 Å². The molecular formula is C10H8FN3O2S. The van der Waals surface area contributed by atoms with Gasteiger partial charge >= 0.3 is 5.97 Å². The molecule has 0 aliphatic carbocycles. The number of halogens is 1. The van der Waals surface area contributed by atoms with Gasteiger partial charge in [0.1, 0.15) is 5.82 Å². The quantitative estimate of drug-likeness (QED) is 0.812. The summed E-state index contributed by atoms with van der Waals surface area (Å²) in [5.41, 5.74) is 0.569. The summed E-state index contributed by atoms with van der Waals surface area (Å²) >= 11 is 1.03. The van der Waals surface area contributed by atoms with Gasteiger partial charge < -0.3 is 10.1 Å². The van der Waals surface area contributed by atoms with E-state index in [2.05, 4.69) is 15.2 Å². The van der Waals surface area contributed by atoms with Crippen molar-refractivity contribution >= 4 is 17.7 Å². The number of rotatable bonds is 4. The minimum Gasteiger partial charge on any atom is -0.481 e. The predicted molar refractivity (Wildman–Crippen MR) is 60.1 cm³/mol. The standard InChI is InChI=1S/C10H8FN3O2S/c11-7-3-1-2-6(4-7)9-12-10(14-13-9)17-5-8(15)16/h1-4H,5H2,(H,15,16)(H,12,13,14). The maximum Gasteiger partial charge on any atom is 0.313 e. The number of hydrogen-bond donors (Lipinski definition) is 2. The highest BCUT2D eigenvalue weighted by Crippen LogP contribution is 2.19. The summed E-state index contributed by atoms with van der Waals surface area (Å²) in [6, 6.07) is 5.92. The van der Waals surface area contributed by atoms with Crippen LogP contribution in [0.15, 0.2) is 29.4 Å². The minimum atomic E-state index is -0.932. The summed E-state index contributed by atoms with van der Waals surface area (Å²) in [5.74, 6) is -0.979. The Balaban J connectivity index is 2.15. The summed E-state index contributed by atoms with van der Waals surface area (Å²) in [5, 5.41) is 16.5. The molecule has 0 bridgehead atoms. The van der Waals surface area contributed by atoms with E-state index < -0.39 is 5.97 Å². The maximum atomic E-state index is 13.0. The Morgan fingerprint density at radius 3 is 3.00 bits per heavy atom. The third-order valence-electron chi connectivity index (χ3n) is 1.90. The molecule has 0 fully saturated rings. The van der Waals surface area contributed by atoms with E-state index in [1.165, 1.54) is 12.1 Å². The highest BCUT2D eigenvalue weighted by atomic mass is 32.2. The molecule has 17 heavy (non-hydrogen) atoms. The van der Waals surface area contributed by atoms with Crippen LogP contribution >= 0.6 is 11.8 Å². The van der Waals surface area contributed by atoms with Crippen LogP contribution < -0.4 is 0 Å². The van der Waals surface area contributed by atoms with E-state index in [0.717, 1.165) is 11.8 Å².